The largest absolute Gasteiger partial charge is 0.275 e. The van der Waals surface area contributed by atoms with Crippen molar-refractivity contribution >= 4 is 17.3 Å². The van der Waals surface area contributed by atoms with Crippen molar-refractivity contribution in [1.29, 1.82) is 0 Å². The summed E-state index contributed by atoms with van der Waals surface area (Å²) in [7, 11) is 0. The maximum Gasteiger partial charge on any atom is 0.123 e. The molecule has 0 fully saturated rings. The number of fused-ring (bicyclic) bond motifs is 1. The molecule has 1 unspecified atom stereocenters. The molecule has 4 heteroatoms. The lowest BCUT2D eigenvalue weighted by Crippen LogP contribution is -2.07. The third kappa shape index (κ3) is 2.06. The second-order valence-corrected chi connectivity index (χ2v) is 4.91. The third-order valence-electron chi connectivity index (χ3n) is 3.03. The van der Waals surface area contributed by atoms with E-state index in [1.165, 1.54) is 12.1 Å². The lowest BCUT2D eigenvalue weighted by molar-refractivity contribution is 0.624. The summed E-state index contributed by atoms with van der Waals surface area (Å²) in [5, 5.41) is 5.22. The van der Waals surface area contributed by atoms with E-state index in [-0.39, 0.29) is 11.9 Å². The topological polar surface area (TPSA) is 27.0 Å². The normalized spacial score (nSPS) is 17.4. The molecule has 2 aromatic rings. The number of aromatic nitrogens is 1. The van der Waals surface area contributed by atoms with Crippen LogP contribution in [-0.4, -0.2) is 4.98 Å². The predicted octanol–water partition coefficient (Wildman–Crippen LogP) is 3.72. The first kappa shape index (κ1) is 11.5. The van der Waals surface area contributed by atoms with Crippen LogP contribution in [0.4, 0.5) is 10.1 Å². The first-order chi connectivity index (χ1) is 8.61. The van der Waals surface area contributed by atoms with Gasteiger partial charge in [0.1, 0.15) is 5.82 Å². The zero-order chi connectivity index (χ0) is 12.7. The first-order valence-corrected chi connectivity index (χ1v) is 6.13. The fraction of sp³-hybridized carbons (Fsp3) is 0.214. The molecule has 3 rings (SSSR count). The highest BCUT2D eigenvalue weighted by Crippen LogP contribution is 2.34. The van der Waals surface area contributed by atoms with Crippen LogP contribution in [0.5, 0.6) is 0 Å². The van der Waals surface area contributed by atoms with Crippen LogP contribution >= 0.6 is 11.6 Å². The molecule has 1 aliphatic rings. The molecule has 0 bridgehead atoms. The summed E-state index contributed by atoms with van der Waals surface area (Å²) in [6.07, 6.45) is 0.680. The molecular formula is C14H11ClFN2. The third-order valence-corrected chi connectivity index (χ3v) is 3.25. The van der Waals surface area contributed by atoms with Gasteiger partial charge in [-0.15, -0.1) is 0 Å². The van der Waals surface area contributed by atoms with Crippen molar-refractivity contribution in [3.05, 3.63) is 58.1 Å². The van der Waals surface area contributed by atoms with Gasteiger partial charge in [0.25, 0.3) is 0 Å². The van der Waals surface area contributed by atoms with Gasteiger partial charge in [0.15, 0.2) is 0 Å². The van der Waals surface area contributed by atoms with Crippen LogP contribution in [0.3, 0.4) is 0 Å². The maximum absolute atomic E-state index is 13.1. The zero-order valence-electron chi connectivity index (χ0n) is 9.82. The van der Waals surface area contributed by atoms with Gasteiger partial charge >= 0.3 is 0 Å². The molecule has 1 atom stereocenters. The van der Waals surface area contributed by atoms with E-state index in [1.807, 2.05) is 19.1 Å². The Morgan fingerprint density at radius 3 is 2.89 bits per heavy atom. The lowest BCUT2D eigenvalue weighted by Gasteiger charge is -2.09. The number of benzene rings is 1. The van der Waals surface area contributed by atoms with Gasteiger partial charge in [-0.2, -0.15) is 0 Å². The molecule has 18 heavy (non-hydrogen) atoms. The summed E-state index contributed by atoms with van der Waals surface area (Å²) in [5.41, 5.74) is 3.49. The van der Waals surface area contributed by atoms with E-state index in [0.29, 0.717) is 11.4 Å². The van der Waals surface area contributed by atoms with Crippen LogP contribution in [-0.2, 0) is 6.42 Å². The van der Waals surface area contributed by atoms with Gasteiger partial charge in [-0.25, -0.2) is 4.39 Å². The van der Waals surface area contributed by atoms with Crippen molar-refractivity contribution in [3.8, 4) is 0 Å². The van der Waals surface area contributed by atoms with E-state index in [1.54, 1.807) is 6.07 Å². The van der Waals surface area contributed by atoms with Crippen LogP contribution in [0, 0.1) is 12.7 Å². The van der Waals surface area contributed by atoms with E-state index < -0.39 is 0 Å². The van der Waals surface area contributed by atoms with E-state index in [2.05, 4.69) is 10.3 Å². The molecule has 0 N–H and O–H groups in total. The molecule has 2 heterocycles. The van der Waals surface area contributed by atoms with Crippen molar-refractivity contribution in [2.75, 3.05) is 0 Å². The first-order valence-electron chi connectivity index (χ1n) is 5.75. The summed E-state index contributed by atoms with van der Waals surface area (Å²) >= 11 is 6.02. The highest BCUT2D eigenvalue weighted by molar-refractivity contribution is 6.30. The lowest BCUT2D eigenvalue weighted by atomic mass is 10.1. The van der Waals surface area contributed by atoms with Gasteiger partial charge in [-0.3, -0.25) is 10.3 Å². The van der Waals surface area contributed by atoms with Gasteiger partial charge in [-0.05, 0) is 42.8 Å². The molecule has 1 aliphatic heterocycles. The predicted molar refractivity (Wildman–Crippen MR) is 68.6 cm³/mol. The van der Waals surface area contributed by atoms with Crippen LogP contribution < -0.4 is 5.32 Å². The van der Waals surface area contributed by atoms with E-state index in [0.717, 1.165) is 22.6 Å². The van der Waals surface area contributed by atoms with E-state index in [4.69, 9.17) is 11.6 Å². The van der Waals surface area contributed by atoms with Crippen LogP contribution in [0.25, 0.3) is 0 Å². The standard InChI is InChI=1S/C14H11ClFN2/c1-8-4-10(15)7-14(17-8)13-6-9-5-11(16)2-3-12(9)18-13/h2-5,7,13H,6H2,1H3. The Balaban J connectivity index is 1.93. The van der Waals surface area contributed by atoms with Crippen molar-refractivity contribution in [2.24, 2.45) is 0 Å². The van der Waals surface area contributed by atoms with E-state index >= 15 is 0 Å². The number of halogens is 2. The van der Waals surface area contributed by atoms with Crippen molar-refractivity contribution < 1.29 is 4.39 Å². The summed E-state index contributed by atoms with van der Waals surface area (Å²) in [6, 6.07) is 8.26. The van der Waals surface area contributed by atoms with Gasteiger partial charge in [0, 0.05) is 17.1 Å². The second kappa shape index (κ2) is 4.25. The number of hydrogen-bond donors (Lipinski definition) is 0. The fourth-order valence-electron chi connectivity index (χ4n) is 2.26. The minimum absolute atomic E-state index is 0.0563. The Morgan fingerprint density at radius 1 is 1.28 bits per heavy atom. The maximum atomic E-state index is 13.1. The second-order valence-electron chi connectivity index (χ2n) is 4.47. The van der Waals surface area contributed by atoms with Crippen LogP contribution in [0.1, 0.15) is 23.0 Å². The van der Waals surface area contributed by atoms with Gasteiger partial charge in [-0.1, -0.05) is 11.6 Å². The summed E-state index contributed by atoms with van der Waals surface area (Å²) in [4.78, 5) is 4.45. The summed E-state index contributed by atoms with van der Waals surface area (Å²) in [5.74, 6) is -0.222. The number of hydrogen-bond acceptors (Lipinski definition) is 1. The van der Waals surface area contributed by atoms with Gasteiger partial charge in [0.05, 0.1) is 17.4 Å². The van der Waals surface area contributed by atoms with Gasteiger partial charge < -0.3 is 0 Å². The number of rotatable bonds is 1. The van der Waals surface area contributed by atoms with Gasteiger partial charge in [0.2, 0.25) is 0 Å². The smallest absolute Gasteiger partial charge is 0.123 e. The Hall–Kier alpha value is -1.61. The molecule has 0 saturated heterocycles. The van der Waals surface area contributed by atoms with Crippen LogP contribution in [0.2, 0.25) is 5.02 Å². The molecule has 1 radical (unpaired) electrons. The highest BCUT2D eigenvalue weighted by atomic mass is 35.5. The molecule has 0 amide bonds. The summed E-state index contributed by atoms with van der Waals surface area (Å²) in [6.45, 7) is 1.90. The Kier molecular flexibility index (Phi) is 2.71. The summed E-state index contributed by atoms with van der Waals surface area (Å²) < 4.78 is 13.1. The Morgan fingerprint density at radius 2 is 2.11 bits per heavy atom. The Labute approximate surface area is 110 Å². The quantitative estimate of drug-likeness (QED) is 0.769. The van der Waals surface area contributed by atoms with E-state index in [9.17, 15) is 4.39 Å². The minimum atomic E-state index is -0.222. The molecule has 91 valence electrons. The highest BCUT2D eigenvalue weighted by Gasteiger charge is 2.25. The number of pyridine rings is 1. The van der Waals surface area contributed by atoms with Crippen molar-refractivity contribution in [3.63, 3.8) is 0 Å². The molecule has 0 spiro atoms. The van der Waals surface area contributed by atoms with Crippen molar-refractivity contribution in [1.82, 2.24) is 10.3 Å². The number of nitrogens with zero attached hydrogens (tertiary/aromatic N) is 2. The number of aryl methyl sites for hydroxylation is 1. The van der Waals surface area contributed by atoms with Crippen LogP contribution in [0.15, 0.2) is 30.3 Å². The molecule has 2 nitrogen and oxygen atoms in total. The molecule has 1 aromatic carbocycles. The Bertz CT molecular complexity index is 592. The fourth-order valence-corrected chi connectivity index (χ4v) is 2.53. The van der Waals surface area contributed by atoms with Crippen molar-refractivity contribution in [2.45, 2.75) is 19.4 Å². The average molecular weight is 262 g/mol. The SMILES string of the molecule is Cc1cc(Cl)cc(C2Cc3cc(F)ccc3[N]2)n1. The molecule has 0 aliphatic carbocycles. The average Bonchev–Trinajstić information content (AvgIpc) is 2.70. The molecular weight excluding hydrogens is 251 g/mol. The monoisotopic (exact) mass is 261 g/mol. The molecule has 0 saturated carbocycles. The molecule has 1 aromatic heterocycles. The minimum Gasteiger partial charge on any atom is -0.275 e. The zero-order valence-corrected chi connectivity index (χ0v) is 10.6.